The van der Waals surface area contributed by atoms with Gasteiger partial charge >= 0.3 is 23.9 Å². The summed E-state index contributed by atoms with van der Waals surface area (Å²) in [4.78, 5) is 41.5. The molecule has 0 aliphatic carbocycles. The van der Waals surface area contributed by atoms with Crippen LogP contribution < -0.4 is 0 Å². The number of carbonyl (C=O) groups is 4. The molecule has 8 heteroatoms. The molecule has 0 aromatic heterocycles. The highest BCUT2D eigenvalue weighted by molar-refractivity contribution is 5.99. The molecule has 0 aromatic rings. The van der Waals surface area contributed by atoms with Crippen molar-refractivity contribution in [3.63, 3.8) is 0 Å². The van der Waals surface area contributed by atoms with E-state index in [-0.39, 0.29) is 0 Å². The highest BCUT2D eigenvalue weighted by Gasteiger charge is 2.18. The minimum Gasteiger partial charge on any atom is -0.391 e. The van der Waals surface area contributed by atoms with Crippen molar-refractivity contribution in [1.29, 1.82) is 0 Å². The van der Waals surface area contributed by atoms with Crippen molar-refractivity contribution in [1.82, 2.24) is 0 Å². The Morgan fingerprint density at radius 1 is 0.733 bits per heavy atom. The van der Waals surface area contributed by atoms with Gasteiger partial charge in [-0.3, -0.25) is 9.59 Å². The standard InChI is InChI=1S/C7H6F2O6/c8-2-6(12)14-4(10)1-5(11)15-7(13)3-9/h1-3H2. The first-order chi connectivity index (χ1) is 6.99. The number of carbonyl (C=O) groups excluding carboxylic acids is 4. The van der Waals surface area contributed by atoms with E-state index in [1.165, 1.54) is 0 Å². The van der Waals surface area contributed by atoms with E-state index in [9.17, 15) is 28.0 Å². The van der Waals surface area contributed by atoms with Crippen molar-refractivity contribution in [2.75, 3.05) is 13.3 Å². The van der Waals surface area contributed by atoms with Crippen LogP contribution in [0.3, 0.4) is 0 Å². The van der Waals surface area contributed by atoms with Gasteiger partial charge in [0.1, 0.15) is 6.42 Å². The van der Waals surface area contributed by atoms with Gasteiger partial charge in [0.05, 0.1) is 0 Å². The van der Waals surface area contributed by atoms with E-state index in [1.807, 2.05) is 0 Å². The second-order valence-electron chi connectivity index (χ2n) is 2.14. The molecule has 0 aromatic carbocycles. The van der Waals surface area contributed by atoms with Gasteiger partial charge in [-0.2, -0.15) is 0 Å². The van der Waals surface area contributed by atoms with Gasteiger partial charge in [-0.1, -0.05) is 0 Å². The van der Waals surface area contributed by atoms with Crippen molar-refractivity contribution in [3.05, 3.63) is 0 Å². The van der Waals surface area contributed by atoms with Crippen LogP contribution in [0.4, 0.5) is 8.78 Å². The molecule has 0 radical (unpaired) electrons. The van der Waals surface area contributed by atoms with Crippen molar-refractivity contribution in [3.8, 4) is 0 Å². The second-order valence-corrected chi connectivity index (χ2v) is 2.14. The largest absolute Gasteiger partial charge is 0.391 e. The third kappa shape index (κ3) is 6.24. The summed E-state index contributed by atoms with van der Waals surface area (Å²) in [6.45, 7) is -3.05. The molecule has 0 aliphatic heterocycles. The fourth-order valence-electron chi connectivity index (χ4n) is 0.499. The Balaban J connectivity index is 3.92. The van der Waals surface area contributed by atoms with E-state index in [0.29, 0.717) is 0 Å². The third-order valence-electron chi connectivity index (χ3n) is 0.962. The number of ether oxygens (including phenoxy) is 2. The van der Waals surface area contributed by atoms with Gasteiger partial charge in [-0.05, 0) is 0 Å². The predicted octanol–water partition coefficient (Wildman–Crippen LogP) is -0.545. The normalized spacial score (nSPS) is 9.20. The Labute approximate surface area is 82.1 Å². The second kappa shape index (κ2) is 6.57. The molecule has 0 amide bonds. The van der Waals surface area contributed by atoms with Crippen molar-refractivity contribution in [2.45, 2.75) is 6.42 Å². The molecule has 84 valence electrons. The Morgan fingerprint density at radius 2 is 1.07 bits per heavy atom. The molecular formula is C7H6F2O6. The summed E-state index contributed by atoms with van der Waals surface area (Å²) in [5.41, 5.74) is 0. The molecule has 0 saturated heterocycles. The van der Waals surface area contributed by atoms with E-state index in [4.69, 9.17) is 0 Å². The number of esters is 4. The molecular weight excluding hydrogens is 218 g/mol. The Morgan fingerprint density at radius 3 is 1.33 bits per heavy atom. The number of rotatable bonds is 4. The maximum Gasteiger partial charge on any atom is 0.345 e. The zero-order chi connectivity index (χ0) is 11.8. The Hall–Kier alpha value is -1.86. The maximum absolute atomic E-state index is 11.5. The van der Waals surface area contributed by atoms with Crippen molar-refractivity contribution < 1.29 is 37.4 Å². The van der Waals surface area contributed by atoms with Gasteiger partial charge in [0.15, 0.2) is 13.3 Å². The molecule has 0 rings (SSSR count). The first kappa shape index (κ1) is 13.1. The predicted molar refractivity (Wildman–Crippen MR) is 38.8 cm³/mol. The van der Waals surface area contributed by atoms with Crippen LogP contribution in [0.25, 0.3) is 0 Å². The third-order valence-corrected chi connectivity index (χ3v) is 0.962. The summed E-state index contributed by atoms with van der Waals surface area (Å²) in [5, 5.41) is 0. The van der Waals surface area contributed by atoms with Crippen LogP contribution in [0.15, 0.2) is 0 Å². The molecule has 0 N–H and O–H groups in total. The summed E-state index contributed by atoms with van der Waals surface area (Å²) in [6.07, 6.45) is -1.07. The van der Waals surface area contributed by atoms with Crippen LogP contribution in [0.1, 0.15) is 6.42 Å². The lowest BCUT2D eigenvalue weighted by Crippen LogP contribution is -2.20. The quantitative estimate of drug-likeness (QED) is 0.470. The van der Waals surface area contributed by atoms with Crippen molar-refractivity contribution in [2.24, 2.45) is 0 Å². The van der Waals surface area contributed by atoms with E-state index in [1.54, 1.807) is 0 Å². The highest BCUT2D eigenvalue weighted by atomic mass is 19.1. The van der Waals surface area contributed by atoms with Gasteiger partial charge in [-0.15, -0.1) is 0 Å². The number of halogens is 2. The Bertz CT molecular complexity index is 259. The number of hydrogen-bond donors (Lipinski definition) is 0. The van der Waals surface area contributed by atoms with Crippen molar-refractivity contribution >= 4 is 23.9 Å². The lowest BCUT2D eigenvalue weighted by Gasteiger charge is -1.99. The fraction of sp³-hybridized carbons (Fsp3) is 0.429. The monoisotopic (exact) mass is 224 g/mol. The molecule has 0 atom stereocenters. The molecule has 0 spiro atoms. The molecule has 0 bridgehead atoms. The summed E-state index contributed by atoms with van der Waals surface area (Å²) < 4.78 is 30.5. The van der Waals surface area contributed by atoms with E-state index < -0.39 is 43.6 Å². The summed E-state index contributed by atoms with van der Waals surface area (Å²) in [5.74, 6) is -5.70. The summed E-state index contributed by atoms with van der Waals surface area (Å²) in [6, 6.07) is 0. The van der Waals surface area contributed by atoms with Crippen LogP contribution in [0.5, 0.6) is 0 Å². The van der Waals surface area contributed by atoms with Gasteiger partial charge in [0.25, 0.3) is 0 Å². The van der Waals surface area contributed by atoms with E-state index in [0.717, 1.165) is 0 Å². The van der Waals surface area contributed by atoms with Gasteiger partial charge in [0, 0.05) is 0 Å². The lowest BCUT2D eigenvalue weighted by molar-refractivity contribution is -0.166. The van der Waals surface area contributed by atoms with Gasteiger partial charge in [-0.25, -0.2) is 18.4 Å². The SMILES string of the molecule is O=C(CF)OC(=O)CC(=O)OC(=O)CF. The van der Waals surface area contributed by atoms with Gasteiger partial charge < -0.3 is 9.47 Å². The maximum atomic E-state index is 11.5. The summed E-state index contributed by atoms with van der Waals surface area (Å²) in [7, 11) is 0. The number of hydrogen-bond acceptors (Lipinski definition) is 6. The molecule has 15 heavy (non-hydrogen) atoms. The molecule has 0 heterocycles. The molecule has 0 fully saturated rings. The topological polar surface area (TPSA) is 86.7 Å². The minimum absolute atomic E-state index is 1.07. The molecule has 6 nitrogen and oxygen atoms in total. The summed E-state index contributed by atoms with van der Waals surface area (Å²) >= 11 is 0. The van der Waals surface area contributed by atoms with Crippen LogP contribution in [-0.2, 0) is 28.7 Å². The smallest absolute Gasteiger partial charge is 0.345 e. The first-order valence-electron chi connectivity index (χ1n) is 3.58. The minimum atomic E-state index is -1.52. The van der Waals surface area contributed by atoms with Gasteiger partial charge in [0.2, 0.25) is 0 Å². The van der Waals surface area contributed by atoms with Crippen LogP contribution in [0.2, 0.25) is 0 Å². The highest BCUT2D eigenvalue weighted by Crippen LogP contribution is 1.93. The van der Waals surface area contributed by atoms with E-state index >= 15 is 0 Å². The fourth-order valence-corrected chi connectivity index (χ4v) is 0.499. The van der Waals surface area contributed by atoms with Crippen LogP contribution in [-0.4, -0.2) is 37.2 Å². The first-order valence-corrected chi connectivity index (χ1v) is 3.58. The molecule has 0 saturated carbocycles. The van der Waals surface area contributed by atoms with E-state index in [2.05, 4.69) is 9.47 Å². The number of alkyl halides is 2. The lowest BCUT2D eigenvalue weighted by atomic mass is 10.4. The average Bonchev–Trinajstić information content (AvgIpc) is 2.16. The molecule has 0 aliphatic rings. The Kier molecular flexibility index (Phi) is 5.76. The zero-order valence-electron chi connectivity index (χ0n) is 7.33. The average molecular weight is 224 g/mol. The molecule has 0 unspecified atom stereocenters. The zero-order valence-corrected chi connectivity index (χ0v) is 7.33. The van der Waals surface area contributed by atoms with Crippen LogP contribution >= 0.6 is 0 Å². The van der Waals surface area contributed by atoms with Crippen LogP contribution in [0, 0.1) is 0 Å².